The molecule has 9 heteroatoms. The van der Waals surface area contributed by atoms with Crippen LogP contribution in [-0.2, 0) is 22.6 Å². The van der Waals surface area contributed by atoms with Crippen LogP contribution in [0.15, 0.2) is 39.2 Å². The Morgan fingerprint density at radius 3 is 2.76 bits per heavy atom. The lowest BCUT2D eigenvalue weighted by Gasteiger charge is -2.05. The molecule has 3 aromatic rings. The number of rotatable bonds is 6. The Kier molecular flexibility index (Phi) is 4.73. The molecule has 3 rings (SSSR count). The summed E-state index contributed by atoms with van der Waals surface area (Å²) in [6.45, 7) is -0.0777. The van der Waals surface area contributed by atoms with Gasteiger partial charge in [-0.05, 0) is 24.3 Å². The van der Waals surface area contributed by atoms with Crippen LogP contribution in [0.25, 0.3) is 11.7 Å². The first kappa shape index (κ1) is 16.6. The van der Waals surface area contributed by atoms with Crippen LogP contribution >= 0.6 is 0 Å². The van der Waals surface area contributed by atoms with Gasteiger partial charge in [-0.1, -0.05) is 0 Å². The zero-order valence-electron chi connectivity index (χ0n) is 13.0. The van der Waals surface area contributed by atoms with E-state index in [4.69, 9.17) is 13.6 Å². The van der Waals surface area contributed by atoms with Gasteiger partial charge in [0.2, 0.25) is 5.89 Å². The minimum atomic E-state index is -0.809. The largest absolute Gasteiger partial charge is 0.483 e. The van der Waals surface area contributed by atoms with E-state index in [1.165, 1.54) is 13.2 Å². The summed E-state index contributed by atoms with van der Waals surface area (Å²) in [4.78, 5) is 11.2. The minimum Gasteiger partial charge on any atom is -0.483 e. The van der Waals surface area contributed by atoms with Gasteiger partial charge in [-0.2, -0.15) is 0 Å². The van der Waals surface area contributed by atoms with Crippen molar-refractivity contribution in [2.75, 3.05) is 7.11 Å². The van der Waals surface area contributed by atoms with E-state index >= 15 is 0 Å². The molecule has 0 N–H and O–H groups in total. The van der Waals surface area contributed by atoms with E-state index in [0.717, 1.165) is 12.1 Å². The molecule has 7 nitrogen and oxygen atoms in total. The molecule has 0 aliphatic carbocycles. The summed E-state index contributed by atoms with van der Waals surface area (Å²) in [5.41, 5.74) is 0. The van der Waals surface area contributed by atoms with Gasteiger partial charge in [0.1, 0.15) is 24.6 Å². The van der Waals surface area contributed by atoms with Gasteiger partial charge in [0.05, 0.1) is 7.11 Å². The molecule has 2 aromatic heterocycles. The van der Waals surface area contributed by atoms with Crippen LogP contribution in [0.2, 0.25) is 0 Å². The fraction of sp³-hybridized carbons (Fsp3) is 0.188. The normalized spacial score (nSPS) is 10.7. The highest BCUT2D eigenvalue weighted by Crippen LogP contribution is 2.23. The van der Waals surface area contributed by atoms with E-state index in [2.05, 4.69) is 14.9 Å². The monoisotopic (exact) mass is 350 g/mol. The number of carbonyl (C=O) groups is 1. The van der Waals surface area contributed by atoms with Gasteiger partial charge in [-0.3, -0.25) is 4.79 Å². The second kappa shape index (κ2) is 7.12. The molecular weight excluding hydrogens is 338 g/mol. The predicted octanol–water partition coefficient (Wildman–Crippen LogP) is 2.90. The third-order valence-corrected chi connectivity index (χ3v) is 3.13. The highest BCUT2D eigenvalue weighted by Gasteiger charge is 2.16. The van der Waals surface area contributed by atoms with Crippen molar-refractivity contribution < 1.29 is 31.9 Å². The van der Waals surface area contributed by atoms with Crippen LogP contribution in [0.3, 0.4) is 0 Å². The van der Waals surface area contributed by atoms with Crippen molar-refractivity contribution in [2.24, 2.45) is 0 Å². The van der Waals surface area contributed by atoms with Crippen LogP contribution < -0.4 is 4.74 Å². The second-order valence-electron chi connectivity index (χ2n) is 4.88. The van der Waals surface area contributed by atoms with Crippen molar-refractivity contribution in [2.45, 2.75) is 13.0 Å². The number of esters is 1. The molecule has 0 fully saturated rings. The maximum absolute atomic E-state index is 13.5. The fourth-order valence-electron chi connectivity index (χ4n) is 1.93. The SMILES string of the molecule is COC(=O)Cc1nnc(-c2ccc(COc3ccc(F)cc3F)o2)o1. The van der Waals surface area contributed by atoms with Crippen molar-refractivity contribution in [3.8, 4) is 17.4 Å². The number of benzene rings is 1. The summed E-state index contributed by atoms with van der Waals surface area (Å²) in [7, 11) is 1.25. The molecule has 1 aromatic carbocycles. The Bertz CT molecular complexity index is 890. The molecule has 0 spiro atoms. The van der Waals surface area contributed by atoms with Crippen molar-refractivity contribution in [1.82, 2.24) is 10.2 Å². The molecule has 0 radical (unpaired) electrons. The van der Waals surface area contributed by atoms with Gasteiger partial charge in [0.15, 0.2) is 17.3 Å². The van der Waals surface area contributed by atoms with Gasteiger partial charge in [0.25, 0.3) is 5.89 Å². The summed E-state index contributed by atoms with van der Waals surface area (Å²) < 4.78 is 46.8. The summed E-state index contributed by atoms with van der Waals surface area (Å²) in [5, 5.41) is 7.48. The van der Waals surface area contributed by atoms with E-state index in [1.54, 1.807) is 12.1 Å². The number of aromatic nitrogens is 2. The molecule has 0 aliphatic heterocycles. The highest BCUT2D eigenvalue weighted by atomic mass is 19.1. The number of furan rings is 1. The van der Waals surface area contributed by atoms with E-state index in [0.29, 0.717) is 5.76 Å². The summed E-state index contributed by atoms with van der Waals surface area (Å²) >= 11 is 0. The van der Waals surface area contributed by atoms with Crippen molar-refractivity contribution >= 4 is 5.97 Å². The van der Waals surface area contributed by atoms with Gasteiger partial charge in [-0.25, -0.2) is 8.78 Å². The Hall–Kier alpha value is -3.23. The Labute approximate surface area is 140 Å². The minimum absolute atomic E-state index is 0.0777. The van der Waals surface area contributed by atoms with Crippen molar-refractivity contribution in [1.29, 1.82) is 0 Å². The number of nitrogens with zero attached hydrogens (tertiary/aromatic N) is 2. The van der Waals surface area contributed by atoms with Gasteiger partial charge in [-0.15, -0.1) is 10.2 Å². The molecule has 0 amide bonds. The van der Waals surface area contributed by atoms with Gasteiger partial charge in [0, 0.05) is 6.07 Å². The molecule has 25 heavy (non-hydrogen) atoms. The third-order valence-electron chi connectivity index (χ3n) is 3.13. The lowest BCUT2D eigenvalue weighted by atomic mass is 10.3. The highest BCUT2D eigenvalue weighted by molar-refractivity contribution is 5.71. The molecule has 0 saturated carbocycles. The number of hydrogen-bond donors (Lipinski definition) is 0. The molecule has 0 unspecified atom stereocenters. The Balaban J connectivity index is 1.65. The Morgan fingerprint density at radius 1 is 1.16 bits per heavy atom. The molecule has 0 saturated heterocycles. The standard InChI is InChI=1S/C16H12F2N2O5/c1-22-15(21)7-14-19-20-16(25-14)13-5-3-10(24-13)8-23-12-4-2-9(17)6-11(12)18/h2-6H,7-8H2,1H3. The molecule has 0 atom stereocenters. The molecule has 0 bridgehead atoms. The second-order valence-corrected chi connectivity index (χ2v) is 4.88. The maximum atomic E-state index is 13.5. The zero-order valence-corrected chi connectivity index (χ0v) is 13.0. The first-order chi connectivity index (χ1) is 12.0. The van der Waals surface area contributed by atoms with Crippen molar-refractivity contribution in [3.05, 3.63) is 53.6 Å². The smallest absolute Gasteiger partial charge is 0.315 e. The van der Waals surface area contributed by atoms with Crippen LogP contribution in [0, 0.1) is 11.6 Å². The number of halogens is 2. The van der Waals surface area contributed by atoms with Crippen molar-refractivity contribution in [3.63, 3.8) is 0 Å². The summed E-state index contributed by atoms with van der Waals surface area (Å²) in [6.07, 6.45) is -0.149. The summed E-state index contributed by atoms with van der Waals surface area (Å²) in [5.74, 6) is -1.31. The van der Waals surface area contributed by atoms with E-state index in [1.807, 2.05) is 0 Å². The molecule has 2 heterocycles. The summed E-state index contributed by atoms with van der Waals surface area (Å²) in [6, 6.07) is 6.15. The average molecular weight is 350 g/mol. The average Bonchev–Trinajstić information content (AvgIpc) is 3.23. The van der Waals surface area contributed by atoms with Gasteiger partial charge >= 0.3 is 5.97 Å². The zero-order chi connectivity index (χ0) is 17.8. The van der Waals surface area contributed by atoms with E-state index in [-0.39, 0.29) is 36.3 Å². The molecular formula is C16H12F2N2O5. The van der Waals surface area contributed by atoms with Crippen LogP contribution in [0.1, 0.15) is 11.7 Å². The van der Waals surface area contributed by atoms with E-state index < -0.39 is 17.6 Å². The molecule has 0 aliphatic rings. The van der Waals surface area contributed by atoms with Crippen LogP contribution in [0.5, 0.6) is 5.75 Å². The Morgan fingerprint density at radius 2 is 2.00 bits per heavy atom. The quantitative estimate of drug-likeness (QED) is 0.632. The number of carbonyl (C=O) groups excluding carboxylic acids is 1. The molecule has 130 valence electrons. The van der Waals surface area contributed by atoms with E-state index in [9.17, 15) is 13.6 Å². The topological polar surface area (TPSA) is 87.6 Å². The van der Waals surface area contributed by atoms with Crippen LogP contribution in [0.4, 0.5) is 8.78 Å². The first-order valence-corrected chi connectivity index (χ1v) is 7.11. The number of ether oxygens (including phenoxy) is 2. The predicted molar refractivity (Wildman–Crippen MR) is 78.4 cm³/mol. The maximum Gasteiger partial charge on any atom is 0.315 e. The fourth-order valence-corrected chi connectivity index (χ4v) is 1.93. The van der Waals surface area contributed by atoms with Crippen LogP contribution in [-0.4, -0.2) is 23.3 Å². The number of methoxy groups -OCH3 is 1. The lowest BCUT2D eigenvalue weighted by molar-refractivity contribution is -0.140. The number of hydrogen-bond acceptors (Lipinski definition) is 7. The third kappa shape index (κ3) is 4.00. The first-order valence-electron chi connectivity index (χ1n) is 7.11. The van der Waals surface area contributed by atoms with Gasteiger partial charge < -0.3 is 18.3 Å². The lowest BCUT2D eigenvalue weighted by Crippen LogP contribution is -2.04.